The molecule has 0 spiro atoms. The van der Waals surface area contributed by atoms with Crippen molar-refractivity contribution in [2.24, 2.45) is 0 Å². The monoisotopic (exact) mass is 413 g/mol. The van der Waals surface area contributed by atoms with E-state index in [9.17, 15) is 14.4 Å². The second-order valence-electron chi connectivity index (χ2n) is 6.89. The van der Waals surface area contributed by atoms with Crippen LogP contribution in [0.1, 0.15) is 21.5 Å². The van der Waals surface area contributed by atoms with E-state index in [-0.39, 0.29) is 31.2 Å². The number of benzene rings is 2. The predicted molar refractivity (Wildman–Crippen MR) is 114 cm³/mol. The number of carbonyl (C=O) groups is 3. The van der Waals surface area contributed by atoms with Crippen LogP contribution < -0.4 is 10.6 Å². The fourth-order valence-electron chi connectivity index (χ4n) is 2.68. The number of ether oxygens (including phenoxy) is 1. The Balaban J connectivity index is 1.88. The number of para-hydroxylation sites is 1. The van der Waals surface area contributed by atoms with Crippen molar-refractivity contribution in [1.82, 2.24) is 4.90 Å². The first-order valence-corrected chi connectivity index (χ1v) is 9.53. The molecule has 2 aromatic carbocycles. The van der Waals surface area contributed by atoms with Gasteiger partial charge in [0.25, 0.3) is 5.91 Å². The molecule has 0 aliphatic rings. The van der Waals surface area contributed by atoms with Crippen molar-refractivity contribution >= 4 is 29.2 Å². The van der Waals surface area contributed by atoms with Crippen LogP contribution in [0.3, 0.4) is 0 Å². The standard InChI is InChI=1S/C22H27N3O5/c1-15-8-9-16(2)19(12-15)24-20(27)13-25(3)21(28)14-30-22(29)17-6-4-5-7-18(17)23-10-11-26/h4-9,12,23,26H,10-11,13-14H2,1-3H3,(H,24,27). The van der Waals surface area contributed by atoms with Crippen LogP contribution in [0, 0.1) is 13.8 Å². The van der Waals surface area contributed by atoms with E-state index in [0.717, 1.165) is 11.1 Å². The van der Waals surface area contributed by atoms with E-state index in [1.165, 1.54) is 11.9 Å². The number of carbonyl (C=O) groups excluding carboxylic acids is 3. The number of hydrogen-bond donors (Lipinski definition) is 3. The van der Waals surface area contributed by atoms with Gasteiger partial charge < -0.3 is 25.4 Å². The number of hydrogen-bond acceptors (Lipinski definition) is 6. The number of nitrogens with one attached hydrogen (secondary N) is 2. The molecule has 0 fully saturated rings. The van der Waals surface area contributed by atoms with E-state index < -0.39 is 18.5 Å². The molecule has 0 saturated heterocycles. The van der Waals surface area contributed by atoms with Crippen molar-refractivity contribution in [3.05, 3.63) is 59.2 Å². The van der Waals surface area contributed by atoms with Gasteiger partial charge in [-0.3, -0.25) is 9.59 Å². The van der Waals surface area contributed by atoms with Crippen LogP contribution in [0.4, 0.5) is 11.4 Å². The third-order valence-corrected chi connectivity index (χ3v) is 4.37. The number of rotatable bonds is 9. The lowest BCUT2D eigenvalue weighted by molar-refractivity contribution is -0.136. The first kappa shape index (κ1) is 22.9. The first-order valence-electron chi connectivity index (χ1n) is 9.53. The molecule has 0 aliphatic heterocycles. The van der Waals surface area contributed by atoms with Gasteiger partial charge >= 0.3 is 5.97 Å². The van der Waals surface area contributed by atoms with Crippen molar-refractivity contribution in [2.45, 2.75) is 13.8 Å². The summed E-state index contributed by atoms with van der Waals surface area (Å²) in [6.45, 7) is 3.35. The van der Waals surface area contributed by atoms with Crippen LogP contribution in [0.25, 0.3) is 0 Å². The van der Waals surface area contributed by atoms with Crippen LogP contribution in [-0.4, -0.2) is 61.1 Å². The molecule has 160 valence electrons. The minimum atomic E-state index is -0.669. The van der Waals surface area contributed by atoms with Crippen LogP contribution >= 0.6 is 0 Å². The highest BCUT2D eigenvalue weighted by molar-refractivity contribution is 5.98. The molecule has 0 atom stereocenters. The summed E-state index contributed by atoms with van der Waals surface area (Å²) in [5, 5.41) is 14.6. The summed E-state index contributed by atoms with van der Waals surface area (Å²) in [5.41, 5.74) is 3.39. The number of amides is 2. The molecule has 2 amide bonds. The van der Waals surface area contributed by atoms with Gasteiger partial charge in [-0.05, 0) is 43.2 Å². The summed E-state index contributed by atoms with van der Waals surface area (Å²) < 4.78 is 5.10. The largest absolute Gasteiger partial charge is 0.452 e. The maximum absolute atomic E-state index is 12.3. The molecule has 0 heterocycles. The summed E-state index contributed by atoms with van der Waals surface area (Å²) in [7, 11) is 1.47. The van der Waals surface area contributed by atoms with Gasteiger partial charge in [0.15, 0.2) is 6.61 Å². The zero-order valence-electron chi connectivity index (χ0n) is 17.4. The molecule has 0 aromatic heterocycles. The number of aliphatic hydroxyl groups excluding tert-OH is 1. The predicted octanol–water partition coefficient (Wildman–Crippen LogP) is 1.96. The maximum Gasteiger partial charge on any atom is 0.340 e. The molecular weight excluding hydrogens is 386 g/mol. The minimum Gasteiger partial charge on any atom is -0.452 e. The second kappa shape index (κ2) is 11.0. The highest BCUT2D eigenvalue weighted by atomic mass is 16.5. The van der Waals surface area contributed by atoms with Crippen molar-refractivity contribution in [2.75, 3.05) is 44.0 Å². The number of aliphatic hydroxyl groups is 1. The average molecular weight is 413 g/mol. The molecule has 8 nitrogen and oxygen atoms in total. The van der Waals surface area contributed by atoms with Crippen molar-refractivity contribution < 1.29 is 24.2 Å². The van der Waals surface area contributed by atoms with Gasteiger partial charge in [0.05, 0.1) is 18.7 Å². The fourth-order valence-corrected chi connectivity index (χ4v) is 2.68. The Hall–Kier alpha value is -3.39. The lowest BCUT2D eigenvalue weighted by Gasteiger charge is -2.18. The number of anilines is 2. The minimum absolute atomic E-state index is 0.0865. The Kier molecular flexibility index (Phi) is 8.37. The lowest BCUT2D eigenvalue weighted by Crippen LogP contribution is -2.37. The first-order chi connectivity index (χ1) is 14.3. The Bertz CT molecular complexity index is 913. The summed E-state index contributed by atoms with van der Waals surface area (Å²) in [6, 6.07) is 12.4. The third kappa shape index (κ3) is 6.59. The number of nitrogens with zero attached hydrogens (tertiary/aromatic N) is 1. The fraction of sp³-hybridized carbons (Fsp3) is 0.318. The molecule has 2 rings (SSSR count). The van der Waals surface area contributed by atoms with E-state index in [4.69, 9.17) is 9.84 Å². The Morgan fingerprint density at radius 2 is 1.80 bits per heavy atom. The molecule has 0 saturated carbocycles. The van der Waals surface area contributed by atoms with E-state index in [2.05, 4.69) is 10.6 Å². The van der Waals surface area contributed by atoms with Crippen LogP contribution in [0.2, 0.25) is 0 Å². The smallest absolute Gasteiger partial charge is 0.340 e. The SMILES string of the molecule is Cc1ccc(C)c(NC(=O)CN(C)C(=O)COC(=O)c2ccccc2NCCO)c1. The number of esters is 1. The Morgan fingerprint density at radius 3 is 2.53 bits per heavy atom. The summed E-state index contributed by atoms with van der Waals surface area (Å²) >= 11 is 0. The summed E-state index contributed by atoms with van der Waals surface area (Å²) in [4.78, 5) is 38.0. The van der Waals surface area contributed by atoms with Crippen LogP contribution in [0.15, 0.2) is 42.5 Å². The number of aryl methyl sites for hydroxylation is 2. The Morgan fingerprint density at radius 1 is 1.07 bits per heavy atom. The van der Waals surface area contributed by atoms with Crippen LogP contribution in [-0.2, 0) is 14.3 Å². The van der Waals surface area contributed by atoms with Gasteiger partial charge in [-0.1, -0.05) is 24.3 Å². The van der Waals surface area contributed by atoms with Crippen molar-refractivity contribution in [3.8, 4) is 0 Å². The molecule has 0 radical (unpaired) electrons. The number of likely N-dealkylation sites (N-methyl/N-ethyl adjacent to an activating group) is 1. The summed E-state index contributed by atoms with van der Waals surface area (Å²) in [6.07, 6.45) is 0. The third-order valence-electron chi connectivity index (χ3n) is 4.37. The molecule has 30 heavy (non-hydrogen) atoms. The lowest BCUT2D eigenvalue weighted by atomic mass is 10.1. The molecule has 3 N–H and O–H groups in total. The van der Waals surface area contributed by atoms with Crippen molar-refractivity contribution in [3.63, 3.8) is 0 Å². The highest BCUT2D eigenvalue weighted by Gasteiger charge is 2.18. The molecule has 0 bridgehead atoms. The quantitative estimate of drug-likeness (QED) is 0.543. The normalized spacial score (nSPS) is 10.3. The maximum atomic E-state index is 12.3. The molecule has 8 heteroatoms. The van der Waals surface area contributed by atoms with Gasteiger partial charge in [-0.2, -0.15) is 0 Å². The van der Waals surface area contributed by atoms with Gasteiger partial charge in [0.2, 0.25) is 5.91 Å². The van der Waals surface area contributed by atoms with Gasteiger partial charge in [0, 0.05) is 25.0 Å². The Labute approximate surface area is 175 Å². The average Bonchev–Trinajstić information content (AvgIpc) is 2.72. The van der Waals surface area contributed by atoms with E-state index in [1.54, 1.807) is 24.3 Å². The van der Waals surface area contributed by atoms with E-state index >= 15 is 0 Å². The molecule has 0 aliphatic carbocycles. The van der Waals surface area contributed by atoms with Crippen molar-refractivity contribution in [1.29, 1.82) is 0 Å². The van der Waals surface area contributed by atoms with E-state index in [0.29, 0.717) is 11.4 Å². The zero-order valence-corrected chi connectivity index (χ0v) is 17.4. The van der Waals surface area contributed by atoms with Gasteiger partial charge in [-0.15, -0.1) is 0 Å². The molecule has 0 unspecified atom stereocenters. The second-order valence-corrected chi connectivity index (χ2v) is 6.89. The highest BCUT2D eigenvalue weighted by Crippen LogP contribution is 2.17. The zero-order chi connectivity index (χ0) is 22.1. The topological polar surface area (TPSA) is 108 Å². The van der Waals surface area contributed by atoms with Gasteiger partial charge in [-0.25, -0.2) is 4.79 Å². The molecule has 2 aromatic rings. The van der Waals surface area contributed by atoms with Gasteiger partial charge in [0.1, 0.15) is 0 Å². The van der Waals surface area contributed by atoms with Crippen LogP contribution in [0.5, 0.6) is 0 Å². The van der Waals surface area contributed by atoms with E-state index in [1.807, 2.05) is 32.0 Å². The molecular formula is C22H27N3O5. The summed E-state index contributed by atoms with van der Waals surface area (Å²) in [5.74, 6) is -1.51.